The Morgan fingerprint density at radius 2 is 2.30 bits per heavy atom. The minimum Gasteiger partial charge on any atom is -0.491 e. The van der Waals surface area contributed by atoms with Gasteiger partial charge in [0.2, 0.25) is 0 Å². The Balaban J connectivity index is 1.56. The summed E-state index contributed by atoms with van der Waals surface area (Å²) in [6.45, 7) is 4.52. The van der Waals surface area contributed by atoms with Crippen LogP contribution < -0.4 is 15.4 Å². The molecule has 0 saturated carbocycles. The highest BCUT2D eigenvalue weighted by molar-refractivity contribution is 5.94. The third kappa shape index (κ3) is 4.45. The maximum Gasteiger partial charge on any atom is 0.251 e. The summed E-state index contributed by atoms with van der Waals surface area (Å²) < 4.78 is 11.3. The number of hydrogen-bond acceptors (Lipinski definition) is 4. The van der Waals surface area contributed by atoms with Crippen LogP contribution in [0.15, 0.2) is 24.3 Å². The number of ether oxygens (including phenoxy) is 2. The van der Waals surface area contributed by atoms with Crippen molar-refractivity contribution in [1.82, 2.24) is 10.6 Å². The minimum atomic E-state index is -0.0342. The zero-order valence-electron chi connectivity index (χ0n) is 13.7. The maximum atomic E-state index is 12.5. The van der Waals surface area contributed by atoms with E-state index in [4.69, 9.17) is 9.47 Å². The van der Waals surface area contributed by atoms with E-state index in [0.717, 1.165) is 44.6 Å². The zero-order chi connectivity index (χ0) is 16.1. The lowest BCUT2D eigenvalue weighted by molar-refractivity contribution is 0.0679. The Hall–Kier alpha value is -1.59. The molecule has 0 spiro atoms. The van der Waals surface area contributed by atoms with E-state index in [1.54, 1.807) is 0 Å². The second-order valence-corrected chi connectivity index (χ2v) is 6.44. The molecule has 2 aliphatic heterocycles. The molecule has 2 fully saturated rings. The fourth-order valence-electron chi connectivity index (χ4n) is 3.18. The summed E-state index contributed by atoms with van der Waals surface area (Å²) >= 11 is 0. The smallest absolute Gasteiger partial charge is 0.251 e. The van der Waals surface area contributed by atoms with Crippen LogP contribution in [-0.4, -0.2) is 43.9 Å². The van der Waals surface area contributed by atoms with Crippen molar-refractivity contribution in [2.45, 2.75) is 50.8 Å². The fraction of sp³-hybridized carbons (Fsp3) is 0.611. The van der Waals surface area contributed by atoms with E-state index in [9.17, 15) is 4.79 Å². The lowest BCUT2D eigenvalue weighted by Crippen LogP contribution is -2.51. The number of rotatable bonds is 5. The van der Waals surface area contributed by atoms with Gasteiger partial charge in [-0.25, -0.2) is 0 Å². The van der Waals surface area contributed by atoms with Crippen molar-refractivity contribution >= 4 is 5.91 Å². The molecule has 0 bridgehead atoms. The normalized spacial score (nSPS) is 27.6. The molecule has 3 rings (SSSR count). The van der Waals surface area contributed by atoms with Gasteiger partial charge in [-0.1, -0.05) is 6.07 Å². The summed E-state index contributed by atoms with van der Waals surface area (Å²) in [5.41, 5.74) is 0.646. The van der Waals surface area contributed by atoms with Crippen molar-refractivity contribution in [3.8, 4) is 5.75 Å². The maximum absolute atomic E-state index is 12.5. The molecule has 3 atom stereocenters. The predicted molar refractivity (Wildman–Crippen MR) is 88.9 cm³/mol. The molecule has 2 heterocycles. The van der Waals surface area contributed by atoms with Crippen LogP contribution in [0.4, 0.5) is 0 Å². The Kier molecular flexibility index (Phi) is 5.51. The first-order valence-corrected chi connectivity index (χ1v) is 8.61. The molecule has 1 amide bonds. The second-order valence-electron chi connectivity index (χ2n) is 6.44. The first kappa shape index (κ1) is 16.3. The topological polar surface area (TPSA) is 59.6 Å². The Bertz CT molecular complexity index is 529. The highest BCUT2D eigenvalue weighted by atomic mass is 16.5. The highest BCUT2D eigenvalue weighted by Gasteiger charge is 2.23. The lowest BCUT2D eigenvalue weighted by atomic mass is 9.99. The van der Waals surface area contributed by atoms with E-state index in [1.807, 2.05) is 24.3 Å². The number of hydrogen-bond donors (Lipinski definition) is 2. The van der Waals surface area contributed by atoms with Crippen LogP contribution in [0.25, 0.3) is 0 Å². The first-order chi connectivity index (χ1) is 11.2. The molecule has 5 nitrogen and oxygen atoms in total. The van der Waals surface area contributed by atoms with Crippen molar-refractivity contribution in [2.24, 2.45) is 0 Å². The number of carbonyl (C=O) groups is 1. The molecule has 1 aromatic rings. The Morgan fingerprint density at radius 3 is 3.09 bits per heavy atom. The van der Waals surface area contributed by atoms with Crippen LogP contribution in [0.2, 0.25) is 0 Å². The Morgan fingerprint density at radius 1 is 1.39 bits per heavy atom. The van der Waals surface area contributed by atoms with E-state index in [1.165, 1.54) is 0 Å². The van der Waals surface area contributed by atoms with Crippen molar-refractivity contribution in [2.75, 3.05) is 19.8 Å². The van der Waals surface area contributed by atoms with Gasteiger partial charge in [-0.3, -0.25) is 4.79 Å². The van der Waals surface area contributed by atoms with Crippen molar-refractivity contribution in [3.63, 3.8) is 0 Å². The zero-order valence-corrected chi connectivity index (χ0v) is 13.7. The second kappa shape index (κ2) is 7.79. The molecule has 2 saturated heterocycles. The van der Waals surface area contributed by atoms with Crippen molar-refractivity contribution in [1.29, 1.82) is 0 Å². The summed E-state index contributed by atoms with van der Waals surface area (Å²) in [4.78, 5) is 12.5. The average molecular weight is 318 g/mol. The van der Waals surface area contributed by atoms with Gasteiger partial charge in [0.1, 0.15) is 12.4 Å². The predicted octanol–water partition coefficient (Wildman–Crippen LogP) is 2.11. The number of carbonyl (C=O) groups excluding carboxylic acids is 1. The quantitative estimate of drug-likeness (QED) is 0.873. The van der Waals surface area contributed by atoms with Crippen molar-refractivity contribution in [3.05, 3.63) is 29.8 Å². The number of nitrogens with one attached hydrogen (secondary N) is 2. The number of amides is 1. The van der Waals surface area contributed by atoms with Gasteiger partial charge in [-0.05, 0) is 57.4 Å². The van der Waals surface area contributed by atoms with Crippen LogP contribution in [0.5, 0.6) is 5.75 Å². The van der Waals surface area contributed by atoms with Gasteiger partial charge in [-0.2, -0.15) is 0 Å². The summed E-state index contributed by atoms with van der Waals surface area (Å²) in [6.07, 6.45) is 4.45. The Labute approximate surface area is 137 Å². The molecule has 23 heavy (non-hydrogen) atoms. The molecule has 0 radical (unpaired) electrons. The highest BCUT2D eigenvalue weighted by Crippen LogP contribution is 2.18. The van der Waals surface area contributed by atoms with E-state index in [-0.39, 0.29) is 18.1 Å². The molecular formula is C18H26N2O3. The minimum absolute atomic E-state index is 0.0342. The van der Waals surface area contributed by atoms with Crippen LogP contribution in [0, 0.1) is 0 Å². The molecule has 3 unspecified atom stereocenters. The van der Waals surface area contributed by atoms with Gasteiger partial charge in [0.15, 0.2) is 0 Å². The first-order valence-electron chi connectivity index (χ1n) is 8.61. The molecule has 5 heteroatoms. The van der Waals surface area contributed by atoms with Crippen LogP contribution in [0.1, 0.15) is 43.0 Å². The summed E-state index contributed by atoms with van der Waals surface area (Å²) in [7, 11) is 0. The van der Waals surface area contributed by atoms with Gasteiger partial charge in [0.05, 0.1) is 6.10 Å². The fourth-order valence-corrected chi connectivity index (χ4v) is 3.18. The van der Waals surface area contributed by atoms with Crippen molar-refractivity contribution < 1.29 is 14.3 Å². The lowest BCUT2D eigenvalue weighted by Gasteiger charge is -2.30. The summed E-state index contributed by atoms with van der Waals surface area (Å²) in [5.74, 6) is 0.691. The molecule has 1 aromatic carbocycles. The molecule has 0 aromatic heterocycles. The number of benzene rings is 1. The van der Waals surface area contributed by atoms with Gasteiger partial charge >= 0.3 is 0 Å². The van der Waals surface area contributed by atoms with E-state index >= 15 is 0 Å². The van der Waals surface area contributed by atoms with E-state index < -0.39 is 0 Å². The van der Waals surface area contributed by atoms with Crippen LogP contribution in [-0.2, 0) is 4.74 Å². The SMILES string of the molecule is CC1NCCCC1NC(=O)c1cccc(OCC2CCCO2)c1. The number of piperidine rings is 1. The largest absolute Gasteiger partial charge is 0.491 e. The van der Waals surface area contributed by atoms with Crippen LogP contribution >= 0.6 is 0 Å². The van der Waals surface area contributed by atoms with Gasteiger partial charge in [-0.15, -0.1) is 0 Å². The molecule has 2 aliphatic rings. The molecule has 2 N–H and O–H groups in total. The summed E-state index contributed by atoms with van der Waals surface area (Å²) in [6, 6.07) is 7.89. The third-order valence-electron chi connectivity index (χ3n) is 4.63. The van der Waals surface area contributed by atoms with E-state index in [0.29, 0.717) is 18.2 Å². The third-order valence-corrected chi connectivity index (χ3v) is 4.63. The standard InChI is InChI=1S/C18H26N2O3/c1-13-17(8-3-9-19-13)20-18(21)14-5-2-6-15(11-14)23-12-16-7-4-10-22-16/h2,5-6,11,13,16-17,19H,3-4,7-10,12H2,1H3,(H,20,21). The van der Waals surface area contributed by atoms with Gasteiger partial charge in [0.25, 0.3) is 5.91 Å². The molecule has 0 aliphatic carbocycles. The average Bonchev–Trinajstić information content (AvgIpc) is 3.09. The molecular weight excluding hydrogens is 292 g/mol. The van der Waals surface area contributed by atoms with Gasteiger partial charge < -0.3 is 20.1 Å². The molecule has 126 valence electrons. The van der Waals surface area contributed by atoms with Gasteiger partial charge in [0, 0.05) is 24.3 Å². The monoisotopic (exact) mass is 318 g/mol. The summed E-state index contributed by atoms with van der Waals surface area (Å²) in [5, 5.41) is 6.53. The van der Waals surface area contributed by atoms with Crippen LogP contribution in [0.3, 0.4) is 0 Å². The van der Waals surface area contributed by atoms with E-state index in [2.05, 4.69) is 17.6 Å².